The number of pyridine rings is 1. The third-order valence-electron chi connectivity index (χ3n) is 1.42. The number of rotatable bonds is 3. The highest BCUT2D eigenvalue weighted by Crippen LogP contribution is 2.14. The predicted octanol–water partition coefficient (Wildman–Crippen LogP) is 1.58. The van der Waals surface area contributed by atoms with Gasteiger partial charge in [-0.2, -0.15) is 0 Å². The number of halogens is 1. The summed E-state index contributed by atoms with van der Waals surface area (Å²) in [6.07, 6.45) is 5.03. The molecule has 1 aromatic rings. The zero-order valence-electron chi connectivity index (χ0n) is 6.96. The number of nitrogen functional groups attached to an aromatic ring is 1. The average Bonchev–Trinajstić information content (AvgIpc) is 2.09. The largest absolute Gasteiger partial charge is 0.383 e. The molecule has 0 atom stereocenters. The summed E-state index contributed by atoms with van der Waals surface area (Å²) < 4.78 is 5.83. The summed E-state index contributed by atoms with van der Waals surface area (Å²) in [6, 6.07) is 3.66. The molecule has 1 rings (SSSR count). The van der Waals surface area contributed by atoms with Crippen molar-refractivity contribution >= 4 is 21.7 Å². The first-order chi connectivity index (χ1) is 6.24. The smallest absolute Gasteiger partial charge is 0.130 e. The Kier molecular flexibility index (Phi) is 3.74. The Balaban J connectivity index is 2.62. The number of anilines is 1. The van der Waals surface area contributed by atoms with Gasteiger partial charge in [0.05, 0.1) is 6.61 Å². The van der Waals surface area contributed by atoms with Gasteiger partial charge in [0.25, 0.3) is 0 Å². The summed E-state index contributed by atoms with van der Waals surface area (Å²) in [4.78, 5) is 4.02. The number of terminal acetylenes is 1. The highest BCUT2D eigenvalue weighted by atomic mass is 79.9. The van der Waals surface area contributed by atoms with E-state index in [1.807, 2.05) is 12.1 Å². The Morgan fingerprint density at radius 1 is 1.62 bits per heavy atom. The first-order valence-corrected chi connectivity index (χ1v) is 4.45. The zero-order valence-corrected chi connectivity index (χ0v) is 8.54. The lowest BCUT2D eigenvalue weighted by atomic mass is 10.3. The molecule has 2 N–H and O–H groups in total. The number of hydrogen-bond acceptors (Lipinski definition) is 3. The van der Waals surface area contributed by atoms with Crippen molar-refractivity contribution in [1.82, 2.24) is 4.98 Å². The Bertz CT molecular complexity index is 333. The van der Waals surface area contributed by atoms with Crippen LogP contribution in [-0.4, -0.2) is 11.6 Å². The van der Waals surface area contributed by atoms with Gasteiger partial charge >= 0.3 is 0 Å². The molecule has 0 amide bonds. The molecule has 0 spiro atoms. The highest BCUT2D eigenvalue weighted by molar-refractivity contribution is 9.10. The maximum Gasteiger partial charge on any atom is 0.130 e. The molecule has 13 heavy (non-hydrogen) atoms. The summed E-state index contributed by atoms with van der Waals surface area (Å²) in [7, 11) is 0. The number of nitrogens with zero attached hydrogens (tertiary/aromatic N) is 1. The normalized spacial score (nSPS) is 9.54. The minimum Gasteiger partial charge on any atom is -0.383 e. The topological polar surface area (TPSA) is 48.1 Å². The minimum absolute atomic E-state index is 0.287. The molecule has 0 aliphatic heterocycles. The van der Waals surface area contributed by atoms with Crippen LogP contribution in [0.15, 0.2) is 16.7 Å². The summed E-state index contributed by atoms with van der Waals surface area (Å²) in [5, 5.41) is 0. The molecule has 0 radical (unpaired) electrons. The molecule has 0 unspecified atom stereocenters. The standard InChI is InChI=1S/C9H9BrN2O/c1-2-5-13-6-7-3-4-8(10)12-9(7)11/h1,3-4H,5-6H2,(H2,11,12). The van der Waals surface area contributed by atoms with Crippen LogP contribution >= 0.6 is 15.9 Å². The molecule has 0 saturated carbocycles. The Morgan fingerprint density at radius 2 is 2.38 bits per heavy atom. The van der Waals surface area contributed by atoms with E-state index >= 15 is 0 Å². The fraction of sp³-hybridized carbons (Fsp3) is 0.222. The van der Waals surface area contributed by atoms with Crippen LogP contribution in [-0.2, 0) is 11.3 Å². The fourth-order valence-electron chi connectivity index (χ4n) is 0.821. The second-order valence-corrected chi connectivity index (χ2v) is 3.19. The lowest BCUT2D eigenvalue weighted by Crippen LogP contribution is -2.00. The Morgan fingerprint density at radius 3 is 3.00 bits per heavy atom. The molecule has 0 aromatic carbocycles. The van der Waals surface area contributed by atoms with Gasteiger partial charge in [-0.1, -0.05) is 12.0 Å². The van der Waals surface area contributed by atoms with Crippen molar-refractivity contribution in [2.45, 2.75) is 6.61 Å². The van der Waals surface area contributed by atoms with Crippen LogP contribution in [0.4, 0.5) is 5.82 Å². The number of nitrogens with two attached hydrogens (primary N) is 1. The maximum absolute atomic E-state index is 5.63. The number of ether oxygens (including phenoxy) is 1. The molecule has 68 valence electrons. The zero-order chi connectivity index (χ0) is 9.68. The van der Waals surface area contributed by atoms with Gasteiger partial charge in [0.15, 0.2) is 0 Å². The van der Waals surface area contributed by atoms with Crippen LogP contribution in [0.1, 0.15) is 5.56 Å². The van der Waals surface area contributed by atoms with E-state index in [-0.39, 0.29) is 6.61 Å². The minimum atomic E-state index is 0.287. The van der Waals surface area contributed by atoms with Crippen molar-refractivity contribution < 1.29 is 4.74 Å². The maximum atomic E-state index is 5.63. The Hall–Kier alpha value is -1.05. The van der Waals surface area contributed by atoms with Gasteiger partial charge in [-0.3, -0.25) is 0 Å². The van der Waals surface area contributed by atoms with Gasteiger partial charge in [0.2, 0.25) is 0 Å². The molecule has 1 aromatic heterocycles. The second kappa shape index (κ2) is 4.85. The molecule has 0 fully saturated rings. The molecule has 1 heterocycles. The van der Waals surface area contributed by atoms with Gasteiger partial charge in [-0.25, -0.2) is 4.98 Å². The average molecular weight is 241 g/mol. The number of hydrogen-bond donors (Lipinski definition) is 1. The molecule has 4 heteroatoms. The predicted molar refractivity (Wildman–Crippen MR) is 54.8 cm³/mol. The van der Waals surface area contributed by atoms with Crippen LogP contribution in [0.2, 0.25) is 0 Å². The van der Waals surface area contributed by atoms with Gasteiger partial charge < -0.3 is 10.5 Å². The van der Waals surface area contributed by atoms with E-state index in [4.69, 9.17) is 16.9 Å². The lowest BCUT2D eigenvalue weighted by Gasteiger charge is -2.03. The van der Waals surface area contributed by atoms with E-state index in [9.17, 15) is 0 Å². The van der Waals surface area contributed by atoms with Crippen LogP contribution in [0.3, 0.4) is 0 Å². The molecule has 0 aliphatic rings. The third kappa shape index (κ3) is 3.05. The molecular formula is C9H9BrN2O. The highest BCUT2D eigenvalue weighted by Gasteiger charge is 2.00. The fourth-order valence-corrected chi connectivity index (χ4v) is 1.14. The van der Waals surface area contributed by atoms with E-state index in [1.165, 1.54) is 0 Å². The van der Waals surface area contributed by atoms with Crippen molar-refractivity contribution in [2.24, 2.45) is 0 Å². The Labute approximate surface area is 85.4 Å². The van der Waals surface area contributed by atoms with Crippen molar-refractivity contribution in [2.75, 3.05) is 12.3 Å². The van der Waals surface area contributed by atoms with E-state index < -0.39 is 0 Å². The number of aromatic nitrogens is 1. The van der Waals surface area contributed by atoms with E-state index in [0.717, 1.165) is 5.56 Å². The van der Waals surface area contributed by atoms with Crippen LogP contribution in [0.25, 0.3) is 0 Å². The molecule has 0 aliphatic carbocycles. The van der Waals surface area contributed by atoms with Gasteiger partial charge in [0, 0.05) is 5.56 Å². The van der Waals surface area contributed by atoms with Gasteiger partial charge in [-0.15, -0.1) is 6.42 Å². The summed E-state index contributed by atoms with van der Waals surface area (Å²) in [5.74, 6) is 2.84. The van der Waals surface area contributed by atoms with Crippen molar-refractivity contribution in [3.8, 4) is 12.3 Å². The van der Waals surface area contributed by atoms with Crippen molar-refractivity contribution in [1.29, 1.82) is 0 Å². The SMILES string of the molecule is C#CCOCc1ccc(Br)nc1N. The molecule has 0 saturated heterocycles. The summed E-state index contributed by atoms with van der Waals surface area (Å²) >= 11 is 3.21. The van der Waals surface area contributed by atoms with Gasteiger partial charge in [0.1, 0.15) is 17.0 Å². The van der Waals surface area contributed by atoms with Crippen molar-refractivity contribution in [3.63, 3.8) is 0 Å². The molecular weight excluding hydrogens is 232 g/mol. The lowest BCUT2D eigenvalue weighted by molar-refractivity contribution is 0.154. The summed E-state index contributed by atoms with van der Waals surface area (Å²) in [5.41, 5.74) is 6.48. The van der Waals surface area contributed by atoms with Gasteiger partial charge in [-0.05, 0) is 22.0 Å². The van der Waals surface area contributed by atoms with E-state index in [2.05, 4.69) is 26.8 Å². The third-order valence-corrected chi connectivity index (χ3v) is 1.86. The monoisotopic (exact) mass is 240 g/mol. The molecule has 3 nitrogen and oxygen atoms in total. The second-order valence-electron chi connectivity index (χ2n) is 2.38. The van der Waals surface area contributed by atoms with Crippen LogP contribution in [0.5, 0.6) is 0 Å². The quantitative estimate of drug-likeness (QED) is 0.496. The summed E-state index contributed by atoms with van der Waals surface area (Å²) in [6.45, 7) is 0.686. The van der Waals surface area contributed by atoms with Crippen molar-refractivity contribution in [3.05, 3.63) is 22.3 Å². The van der Waals surface area contributed by atoms with Crippen LogP contribution < -0.4 is 5.73 Å². The van der Waals surface area contributed by atoms with E-state index in [0.29, 0.717) is 17.0 Å². The molecule has 0 bridgehead atoms. The first-order valence-electron chi connectivity index (χ1n) is 3.66. The van der Waals surface area contributed by atoms with Crippen LogP contribution in [0, 0.1) is 12.3 Å². The first kappa shape index (κ1) is 10.0. The van der Waals surface area contributed by atoms with E-state index in [1.54, 1.807) is 0 Å².